The van der Waals surface area contributed by atoms with Gasteiger partial charge in [-0.3, -0.25) is 4.98 Å². The van der Waals surface area contributed by atoms with Gasteiger partial charge in [0.25, 0.3) is 0 Å². The van der Waals surface area contributed by atoms with Gasteiger partial charge in [-0.15, -0.1) is 0 Å². The predicted molar refractivity (Wildman–Crippen MR) is 129 cm³/mol. The molecule has 5 aromatic rings. The summed E-state index contributed by atoms with van der Waals surface area (Å²) in [5.41, 5.74) is 7.05. The molecule has 0 N–H and O–H groups in total. The Labute approximate surface area is 189 Å². The zero-order valence-electron chi connectivity index (χ0n) is 16.6. The van der Waals surface area contributed by atoms with Crippen LogP contribution in [0.5, 0.6) is 0 Å². The van der Waals surface area contributed by atoms with Gasteiger partial charge in [0, 0.05) is 33.6 Å². The number of hydrogen-bond donors (Lipinski definition) is 0. The number of hydrogen-bond acceptors (Lipinski definition) is 3. The molecule has 0 bridgehead atoms. The van der Waals surface area contributed by atoms with E-state index in [9.17, 15) is 0 Å². The molecular weight excluding hydrogens is 446 g/mol. The first-order chi connectivity index (χ1) is 15.3. The van der Waals surface area contributed by atoms with E-state index < -0.39 is 0 Å². The molecule has 31 heavy (non-hydrogen) atoms. The van der Waals surface area contributed by atoms with Crippen molar-refractivity contribution in [2.75, 3.05) is 0 Å². The minimum atomic E-state index is 0.658. The van der Waals surface area contributed by atoms with Crippen LogP contribution < -0.4 is 0 Å². The fourth-order valence-electron chi connectivity index (χ4n) is 3.50. The van der Waals surface area contributed by atoms with Crippen molar-refractivity contribution in [1.82, 2.24) is 15.0 Å². The Balaban J connectivity index is 1.67. The maximum Gasteiger partial charge on any atom is 0.161 e. The lowest BCUT2D eigenvalue weighted by Gasteiger charge is -2.10. The van der Waals surface area contributed by atoms with Crippen molar-refractivity contribution in [2.45, 2.75) is 0 Å². The number of nitrogens with zero attached hydrogens (tertiary/aromatic N) is 3. The summed E-state index contributed by atoms with van der Waals surface area (Å²) in [5.74, 6) is 0.658. The summed E-state index contributed by atoms with van der Waals surface area (Å²) in [4.78, 5) is 14.0. The van der Waals surface area contributed by atoms with E-state index in [2.05, 4.69) is 81.6 Å². The summed E-state index contributed by atoms with van der Waals surface area (Å²) in [6.07, 6.45) is 3.55. The molecule has 0 aliphatic carbocycles. The van der Waals surface area contributed by atoms with E-state index in [1.165, 1.54) is 5.56 Å². The molecular formula is C27H18BrN3. The third-order valence-electron chi connectivity index (χ3n) is 5.03. The lowest BCUT2D eigenvalue weighted by Crippen LogP contribution is -1.96. The number of pyridine rings is 1. The van der Waals surface area contributed by atoms with Gasteiger partial charge in [-0.2, -0.15) is 0 Å². The second-order valence-electron chi connectivity index (χ2n) is 7.16. The first kappa shape index (κ1) is 19.3. The van der Waals surface area contributed by atoms with Gasteiger partial charge in [-0.05, 0) is 47.5 Å². The molecule has 0 saturated heterocycles. The number of halogens is 1. The first-order valence-corrected chi connectivity index (χ1v) is 10.8. The third kappa shape index (κ3) is 4.30. The SMILES string of the molecule is Brc1cccc(-c2cc(-c3cccc(-c4ccccc4)c3)nc(-c3cccnc3)n2)c1. The number of benzene rings is 3. The van der Waals surface area contributed by atoms with Crippen LogP contribution in [0, 0.1) is 0 Å². The zero-order chi connectivity index (χ0) is 21.0. The zero-order valence-corrected chi connectivity index (χ0v) is 18.2. The number of aromatic nitrogens is 3. The van der Waals surface area contributed by atoms with Crippen LogP contribution in [0.4, 0.5) is 0 Å². The highest BCUT2D eigenvalue weighted by atomic mass is 79.9. The van der Waals surface area contributed by atoms with Gasteiger partial charge in [-0.1, -0.05) is 76.6 Å². The fraction of sp³-hybridized carbons (Fsp3) is 0. The van der Waals surface area contributed by atoms with Crippen LogP contribution >= 0.6 is 15.9 Å². The molecule has 0 spiro atoms. The fourth-order valence-corrected chi connectivity index (χ4v) is 3.90. The second kappa shape index (κ2) is 8.62. The highest BCUT2D eigenvalue weighted by Gasteiger charge is 2.11. The quantitative estimate of drug-likeness (QED) is 0.280. The second-order valence-corrected chi connectivity index (χ2v) is 8.08. The molecule has 0 fully saturated rings. The van der Waals surface area contributed by atoms with Gasteiger partial charge in [0.1, 0.15) is 0 Å². The average molecular weight is 464 g/mol. The summed E-state index contributed by atoms with van der Waals surface area (Å²) in [5, 5.41) is 0. The van der Waals surface area contributed by atoms with E-state index in [1.807, 2.05) is 36.4 Å². The average Bonchev–Trinajstić information content (AvgIpc) is 2.85. The molecule has 2 heterocycles. The van der Waals surface area contributed by atoms with E-state index in [0.717, 1.165) is 38.1 Å². The molecule has 4 heteroatoms. The summed E-state index contributed by atoms with van der Waals surface area (Å²) < 4.78 is 1.01. The predicted octanol–water partition coefficient (Wildman–Crippen LogP) is 7.30. The van der Waals surface area contributed by atoms with E-state index in [0.29, 0.717) is 5.82 Å². The minimum Gasteiger partial charge on any atom is -0.264 e. The van der Waals surface area contributed by atoms with Crippen LogP contribution in [0.1, 0.15) is 0 Å². The van der Waals surface area contributed by atoms with E-state index in [4.69, 9.17) is 9.97 Å². The maximum atomic E-state index is 4.89. The van der Waals surface area contributed by atoms with Gasteiger partial charge in [0.05, 0.1) is 11.4 Å². The molecule has 0 aliphatic rings. The van der Waals surface area contributed by atoms with Crippen molar-refractivity contribution >= 4 is 15.9 Å². The Morgan fingerprint density at radius 1 is 0.516 bits per heavy atom. The molecule has 148 valence electrons. The highest BCUT2D eigenvalue weighted by Crippen LogP contribution is 2.30. The third-order valence-corrected chi connectivity index (χ3v) is 5.52. The largest absolute Gasteiger partial charge is 0.264 e. The van der Waals surface area contributed by atoms with E-state index in [-0.39, 0.29) is 0 Å². The topological polar surface area (TPSA) is 38.7 Å². The molecule has 0 aliphatic heterocycles. The van der Waals surface area contributed by atoms with Crippen LogP contribution in [0.15, 0.2) is 114 Å². The molecule has 0 radical (unpaired) electrons. The molecule has 0 unspecified atom stereocenters. The van der Waals surface area contributed by atoms with Gasteiger partial charge in [0.15, 0.2) is 5.82 Å². The van der Waals surface area contributed by atoms with Crippen LogP contribution in [-0.2, 0) is 0 Å². The van der Waals surface area contributed by atoms with Crippen LogP contribution in [-0.4, -0.2) is 15.0 Å². The Kier molecular flexibility index (Phi) is 5.38. The van der Waals surface area contributed by atoms with Crippen LogP contribution in [0.2, 0.25) is 0 Å². The summed E-state index contributed by atoms with van der Waals surface area (Å²) >= 11 is 3.57. The molecule has 3 nitrogen and oxygen atoms in total. The van der Waals surface area contributed by atoms with Crippen molar-refractivity contribution in [3.05, 3.63) is 114 Å². The number of rotatable bonds is 4. The van der Waals surface area contributed by atoms with E-state index >= 15 is 0 Å². The molecule has 5 rings (SSSR count). The summed E-state index contributed by atoms with van der Waals surface area (Å²) in [7, 11) is 0. The van der Waals surface area contributed by atoms with Crippen LogP contribution in [0.3, 0.4) is 0 Å². The van der Waals surface area contributed by atoms with Gasteiger partial charge < -0.3 is 0 Å². The lowest BCUT2D eigenvalue weighted by molar-refractivity contribution is 1.17. The molecule has 0 saturated carbocycles. The van der Waals surface area contributed by atoms with Crippen molar-refractivity contribution in [3.63, 3.8) is 0 Å². The van der Waals surface area contributed by atoms with Crippen molar-refractivity contribution in [3.8, 4) is 45.0 Å². The Bertz CT molecular complexity index is 1340. The standard InChI is InChI=1S/C27H18BrN3/c28-24-13-5-11-22(16-24)26-17-25(30-27(31-26)23-12-6-14-29-18-23)21-10-4-9-20(15-21)19-7-2-1-3-8-19/h1-18H. The monoisotopic (exact) mass is 463 g/mol. The normalized spacial score (nSPS) is 10.7. The Morgan fingerprint density at radius 3 is 1.87 bits per heavy atom. The smallest absolute Gasteiger partial charge is 0.161 e. The molecule has 0 amide bonds. The van der Waals surface area contributed by atoms with Crippen molar-refractivity contribution < 1.29 is 0 Å². The lowest BCUT2D eigenvalue weighted by atomic mass is 10.0. The molecule has 0 atom stereocenters. The van der Waals surface area contributed by atoms with Gasteiger partial charge in [0.2, 0.25) is 0 Å². The highest BCUT2D eigenvalue weighted by molar-refractivity contribution is 9.10. The molecule has 2 aromatic heterocycles. The van der Waals surface area contributed by atoms with Crippen molar-refractivity contribution in [2.24, 2.45) is 0 Å². The van der Waals surface area contributed by atoms with Crippen LogP contribution in [0.25, 0.3) is 45.0 Å². The van der Waals surface area contributed by atoms with Crippen molar-refractivity contribution in [1.29, 1.82) is 0 Å². The van der Waals surface area contributed by atoms with Gasteiger partial charge >= 0.3 is 0 Å². The maximum absolute atomic E-state index is 4.89. The molecule has 3 aromatic carbocycles. The summed E-state index contributed by atoms with van der Waals surface area (Å²) in [6, 6.07) is 32.9. The van der Waals surface area contributed by atoms with Gasteiger partial charge in [-0.25, -0.2) is 9.97 Å². The minimum absolute atomic E-state index is 0.658. The Hall–Kier alpha value is -3.63. The first-order valence-electron chi connectivity index (χ1n) is 9.97. The van der Waals surface area contributed by atoms with E-state index in [1.54, 1.807) is 12.4 Å². The Morgan fingerprint density at radius 2 is 1.16 bits per heavy atom. The summed E-state index contributed by atoms with van der Waals surface area (Å²) in [6.45, 7) is 0.